The summed E-state index contributed by atoms with van der Waals surface area (Å²) in [6.45, 7) is 3.12. The van der Waals surface area contributed by atoms with Crippen LogP contribution in [0.25, 0.3) is 0 Å². The second-order valence-electron chi connectivity index (χ2n) is 6.65. The molecule has 0 spiro atoms. The van der Waals surface area contributed by atoms with Gasteiger partial charge < -0.3 is 14.6 Å². The summed E-state index contributed by atoms with van der Waals surface area (Å²) in [6.07, 6.45) is 1.43. The fourth-order valence-electron chi connectivity index (χ4n) is 3.75. The molecule has 1 aliphatic heterocycles. The number of rotatable bonds is 7. The molecule has 0 radical (unpaired) electrons. The van der Waals surface area contributed by atoms with E-state index < -0.39 is 12.0 Å². The van der Waals surface area contributed by atoms with Gasteiger partial charge in [-0.3, -0.25) is 9.69 Å². The van der Waals surface area contributed by atoms with E-state index >= 15 is 0 Å². The van der Waals surface area contributed by atoms with Crippen molar-refractivity contribution in [3.63, 3.8) is 0 Å². The number of hydrogen-bond acceptors (Lipinski definition) is 4. The van der Waals surface area contributed by atoms with E-state index in [1.54, 1.807) is 19.2 Å². The van der Waals surface area contributed by atoms with Gasteiger partial charge in [-0.05, 0) is 55.2 Å². The summed E-state index contributed by atoms with van der Waals surface area (Å²) in [6, 6.07) is 10.3. The monoisotopic (exact) mass is 423 g/mol. The zero-order valence-corrected chi connectivity index (χ0v) is 17.3. The number of carboxylic acid groups (broad SMARTS) is 1. The Hall–Kier alpha value is -1.95. The van der Waals surface area contributed by atoms with Crippen molar-refractivity contribution in [1.29, 1.82) is 0 Å². The molecule has 7 heteroatoms. The standard InChI is InChI=1S/C21H23Cl2NO4/c1-3-28-18-9-7-14(12-19(18)27-2)20(13-6-8-15(22)16(23)11-13)24-10-4-5-17(24)21(25)26/h6-9,11-12,17,20H,3-5,10H2,1-2H3,(H,25,26). The van der Waals surface area contributed by atoms with E-state index in [-0.39, 0.29) is 6.04 Å². The molecule has 0 saturated carbocycles. The molecular formula is C21H23Cl2NO4. The van der Waals surface area contributed by atoms with Gasteiger partial charge in [-0.15, -0.1) is 0 Å². The molecule has 5 nitrogen and oxygen atoms in total. The van der Waals surface area contributed by atoms with Gasteiger partial charge in [0.25, 0.3) is 0 Å². The first-order chi connectivity index (χ1) is 13.5. The number of aliphatic carboxylic acids is 1. The fraction of sp³-hybridized carbons (Fsp3) is 0.381. The zero-order chi connectivity index (χ0) is 20.3. The first-order valence-corrected chi connectivity index (χ1v) is 9.96. The van der Waals surface area contributed by atoms with Gasteiger partial charge in [-0.1, -0.05) is 35.3 Å². The van der Waals surface area contributed by atoms with Gasteiger partial charge in [-0.2, -0.15) is 0 Å². The van der Waals surface area contributed by atoms with Crippen molar-refractivity contribution in [2.24, 2.45) is 0 Å². The predicted molar refractivity (Wildman–Crippen MR) is 110 cm³/mol. The van der Waals surface area contributed by atoms with Gasteiger partial charge in [0.2, 0.25) is 0 Å². The Kier molecular flexibility index (Phi) is 6.70. The quantitative estimate of drug-likeness (QED) is 0.675. The summed E-state index contributed by atoms with van der Waals surface area (Å²) in [7, 11) is 1.59. The molecule has 28 heavy (non-hydrogen) atoms. The molecule has 1 heterocycles. The van der Waals surface area contributed by atoms with Crippen LogP contribution in [0.3, 0.4) is 0 Å². The number of nitrogens with zero attached hydrogens (tertiary/aromatic N) is 1. The Labute approximate surface area is 174 Å². The Morgan fingerprint density at radius 2 is 1.89 bits per heavy atom. The maximum atomic E-state index is 11.8. The molecule has 150 valence electrons. The van der Waals surface area contributed by atoms with Crippen LogP contribution in [-0.2, 0) is 4.79 Å². The minimum Gasteiger partial charge on any atom is -0.493 e. The van der Waals surface area contributed by atoms with Crippen molar-refractivity contribution >= 4 is 29.2 Å². The SMILES string of the molecule is CCOc1ccc(C(c2ccc(Cl)c(Cl)c2)N2CCCC2C(=O)O)cc1OC. The lowest BCUT2D eigenvalue weighted by Crippen LogP contribution is -2.39. The van der Waals surface area contributed by atoms with E-state index in [9.17, 15) is 9.90 Å². The molecule has 1 N–H and O–H groups in total. The van der Waals surface area contributed by atoms with Gasteiger partial charge >= 0.3 is 5.97 Å². The molecule has 0 amide bonds. The van der Waals surface area contributed by atoms with Crippen LogP contribution in [0.4, 0.5) is 0 Å². The molecule has 1 fully saturated rings. The normalized spacial score (nSPS) is 18.1. The van der Waals surface area contributed by atoms with E-state index in [4.69, 9.17) is 32.7 Å². The molecule has 0 aliphatic carbocycles. The molecule has 2 atom stereocenters. The molecule has 0 bridgehead atoms. The van der Waals surface area contributed by atoms with E-state index in [0.29, 0.717) is 41.1 Å². The van der Waals surface area contributed by atoms with Crippen LogP contribution in [0.15, 0.2) is 36.4 Å². The summed E-state index contributed by atoms with van der Waals surface area (Å²) < 4.78 is 11.1. The zero-order valence-electron chi connectivity index (χ0n) is 15.8. The molecule has 1 saturated heterocycles. The maximum Gasteiger partial charge on any atom is 0.320 e. The van der Waals surface area contributed by atoms with Crippen LogP contribution in [0.2, 0.25) is 10.0 Å². The van der Waals surface area contributed by atoms with Crippen LogP contribution in [0, 0.1) is 0 Å². The topological polar surface area (TPSA) is 59.0 Å². The number of carbonyl (C=O) groups is 1. The first kappa shape index (κ1) is 20.8. The third kappa shape index (κ3) is 4.22. The van der Waals surface area contributed by atoms with Crippen molar-refractivity contribution in [2.75, 3.05) is 20.3 Å². The van der Waals surface area contributed by atoms with Gasteiger partial charge in [0, 0.05) is 6.54 Å². The first-order valence-electron chi connectivity index (χ1n) is 9.20. The fourth-order valence-corrected chi connectivity index (χ4v) is 4.06. The van der Waals surface area contributed by atoms with Crippen molar-refractivity contribution < 1.29 is 19.4 Å². The number of methoxy groups -OCH3 is 1. The van der Waals surface area contributed by atoms with Crippen LogP contribution >= 0.6 is 23.2 Å². The van der Waals surface area contributed by atoms with Crippen molar-refractivity contribution in [2.45, 2.75) is 31.8 Å². The molecule has 2 aromatic carbocycles. The summed E-state index contributed by atoms with van der Waals surface area (Å²) in [5, 5.41) is 10.6. The Morgan fingerprint density at radius 1 is 1.18 bits per heavy atom. The third-order valence-electron chi connectivity index (χ3n) is 4.97. The second kappa shape index (κ2) is 9.03. The molecule has 0 aromatic heterocycles. The minimum atomic E-state index is -0.819. The highest BCUT2D eigenvalue weighted by atomic mass is 35.5. The lowest BCUT2D eigenvalue weighted by molar-refractivity contribution is -0.142. The Bertz CT molecular complexity index is 858. The van der Waals surface area contributed by atoms with Crippen LogP contribution in [-0.4, -0.2) is 42.3 Å². The van der Waals surface area contributed by atoms with Gasteiger partial charge in [0.15, 0.2) is 11.5 Å². The number of carboxylic acids is 1. The molecular weight excluding hydrogens is 401 g/mol. The second-order valence-corrected chi connectivity index (χ2v) is 7.47. The molecule has 3 rings (SSSR count). The average molecular weight is 424 g/mol. The number of benzene rings is 2. The molecule has 2 unspecified atom stereocenters. The lowest BCUT2D eigenvalue weighted by Gasteiger charge is -2.32. The average Bonchev–Trinajstić information content (AvgIpc) is 3.15. The van der Waals surface area contributed by atoms with E-state index in [0.717, 1.165) is 17.5 Å². The van der Waals surface area contributed by atoms with Gasteiger partial charge in [0.1, 0.15) is 6.04 Å². The summed E-state index contributed by atoms with van der Waals surface area (Å²) in [4.78, 5) is 13.8. The van der Waals surface area contributed by atoms with E-state index in [1.807, 2.05) is 36.1 Å². The number of likely N-dealkylation sites (tertiary alicyclic amines) is 1. The minimum absolute atomic E-state index is 0.289. The highest BCUT2D eigenvalue weighted by Crippen LogP contribution is 2.40. The summed E-state index contributed by atoms with van der Waals surface area (Å²) >= 11 is 12.4. The van der Waals surface area contributed by atoms with Crippen molar-refractivity contribution in [3.8, 4) is 11.5 Å². The van der Waals surface area contributed by atoms with Crippen molar-refractivity contribution in [1.82, 2.24) is 4.90 Å². The van der Waals surface area contributed by atoms with Crippen LogP contribution < -0.4 is 9.47 Å². The Morgan fingerprint density at radius 3 is 2.54 bits per heavy atom. The maximum absolute atomic E-state index is 11.8. The smallest absolute Gasteiger partial charge is 0.320 e. The van der Waals surface area contributed by atoms with E-state index in [2.05, 4.69) is 0 Å². The highest BCUT2D eigenvalue weighted by Gasteiger charge is 2.37. The van der Waals surface area contributed by atoms with Gasteiger partial charge in [-0.25, -0.2) is 0 Å². The predicted octanol–water partition coefficient (Wildman–Crippen LogP) is 5.04. The van der Waals surface area contributed by atoms with E-state index in [1.165, 1.54) is 0 Å². The van der Waals surface area contributed by atoms with Crippen molar-refractivity contribution in [3.05, 3.63) is 57.6 Å². The lowest BCUT2D eigenvalue weighted by atomic mass is 9.95. The number of hydrogen-bond donors (Lipinski definition) is 1. The van der Waals surface area contributed by atoms with Crippen LogP contribution in [0.1, 0.15) is 36.9 Å². The number of ether oxygens (including phenoxy) is 2. The van der Waals surface area contributed by atoms with Crippen LogP contribution in [0.5, 0.6) is 11.5 Å². The summed E-state index contributed by atoms with van der Waals surface area (Å²) in [5.74, 6) is 0.439. The third-order valence-corrected chi connectivity index (χ3v) is 5.71. The Balaban J connectivity index is 2.10. The largest absolute Gasteiger partial charge is 0.493 e. The molecule has 2 aromatic rings. The summed E-state index contributed by atoms with van der Waals surface area (Å²) in [5.41, 5.74) is 1.79. The van der Waals surface area contributed by atoms with Gasteiger partial charge in [0.05, 0.1) is 29.8 Å². The number of halogens is 2. The highest BCUT2D eigenvalue weighted by molar-refractivity contribution is 6.42. The molecule has 1 aliphatic rings.